The Morgan fingerprint density at radius 2 is 1.84 bits per heavy atom. The number of terminal acetylenes is 1. The topological polar surface area (TPSA) is 68.0 Å². The molecule has 1 saturated carbocycles. The molecule has 0 aromatic heterocycles. The quantitative estimate of drug-likeness (QED) is 0.511. The van der Waals surface area contributed by atoms with Gasteiger partial charge in [0.1, 0.15) is 6.61 Å². The van der Waals surface area contributed by atoms with Gasteiger partial charge in [-0.1, -0.05) is 30.2 Å². The Morgan fingerprint density at radius 1 is 1.13 bits per heavy atom. The first-order chi connectivity index (χ1) is 15.2. The van der Waals surface area contributed by atoms with E-state index in [1.54, 1.807) is 0 Å². The van der Waals surface area contributed by atoms with Gasteiger partial charge in [-0.25, -0.2) is 0 Å². The van der Waals surface area contributed by atoms with Crippen LogP contribution < -0.4 is 5.73 Å². The lowest BCUT2D eigenvalue weighted by Crippen LogP contribution is -2.48. The first-order valence-electron chi connectivity index (χ1n) is 11.6. The summed E-state index contributed by atoms with van der Waals surface area (Å²) in [6.45, 7) is 4.97. The van der Waals surface area contributed by atoms with Crippen molar-refractivity contribution in [2.75, 3.05) is 32.9 Å². The van der Waals surface area contributed by atoms with Crippen molar-refractivity contribution in [2.24, 2.45) is 11.7 Å². The highest BCUT2D eigenvalue weighted by atomic mass is 16.5. The average Bonchev–Trinajstić information content (AvgIpc) is 3.45. The molecular weight excluding hydrogens is 390 g/mol. The SMILES string of the molecule is C#CCOCCO[C@H]1CCN(C2CCC([C@H](N)C(=O)N3Cc4ccccc4C3)CC2)C1. The number of benzene rings is 1. The van der Waals surface area contributed by atoms with E-state index < -0.39 is 0 Å². The Hall–Kier alpha value is -1.91. The van der Waals surface area contributed by atoms with Crippen LogP contribution in [0.4, 0.5) is 0 Å². The molecule has 1 saturated heterocycles. The number of hydrogen-bond acceptors (Lipinski definition) is 5. The number of ether oxygens (including phenoxy) is 2. The minimum atomic E-state index is -0.382. The summed E-state index contributed by atoms with van der Waals surface area (Å²) < 4.78 is 11.2. The van der Waals surface area contributed by atoms with Gasteiger partial charge in [0.15, 0.2) is 0 Å². The van der Waals surface area contributed by atoms with E-state index in [2.05, 4.69) is 23.0 Å². The molecule has 0 spiro atoms. The van der Waals surface area contributed by atoms with E-state index in [1.807, 2.05) is 17.0 Å². The number of carbonyl (C=O) groups is 1. The zero-order chi connectivity index (χ0) is 21.6. The van der Waals surface area contributed by atoms with Crippen LogP contribution in [0.2, 0.25) is 0 Å². The van der Waals surface area contributed by atoms with Crippen molar-refractivity contribution < 1.29 is 14.3 Å². The standard InChI is InChI=1S/C25H35N3O3/c1-2-13-30-14-15-31-23-11-12-27(18-23)22-9-7-19(8-10-22)24(26)25(29)28-16-20-5-3-4-6-21(20)17-28/h1,3-6,19,22-24H,7-18,26H2/t19?,22?,23-,24-/m0/s1. The fraction of sp³-hybridized carbons (Fsp3) is 0.640. The van der Waals surface area contributed by atoms with Crippen molar-refractivity contribution in [3.05, 3.63) is 35.4 Å². The molecule has 1 aromatic carbocycles. The van der Waals surface area contributed by atoms with Crippen molar-refractivity contribution in [3.63, 3.8) is 0 Å². The molecule has 1 aliphatic carbocycles. The van der Waals surface area contributed by atoms with Crippen LogP contribution >= 0.6 is 0 Å². The van der Waals surface area contributed by atoms with Gasteiger partial charge in [-0.3, -0.25) is 9.69 Å². The van der Waals surface area contributed by atoms with Crippen molar-refractivity contribution >= 4 is 5.91 Å². The van der Waals surface area contributed by atoms with E-state index in [4.69, 9.17) is 21.6 Å². The highest BCUT2D eigenvalue weighted by Gasteiger charge is 2.36. The van der Waals surface area contributed by atoms with E-state index in [0.29, 0.717) is 39.0 Å². The van der Waals surface area contributed by atoms with Gasteiger partial charge in [0.25, 0.3) is 0 Å². The first kappa shape index (κ1) is 22.3. The third-order valence-electron chi connectivity index (χ3n) is 7.15. The number of nitrogens with zero attached hydrogens (tertiary/aromatic N) is 2. The molecule has 2 atom stereocenters. The molecule has 1 amide bonds. The second-order valence-corrected chi connectivity index (χ2v) is 9.09. The predicted octanol–water partition coefficient (Wildman–Crippen LogP) is 2.16. The molecule has 2 fully saturated rings. The largest absolute Gasteiger partial charge is 0.374 e. The van der Waals surface area contributed by atoms with Crippen LogP contribution in [0.1, 0.15) is 43.2 Å². The number of hydrogen-bond donors (Lipinski definition) is 1. The molecule has 1 aromatic rings. The Labute approximate surface area is 186 Å². The van der Waals surface area contributed by atoms with Gasteiger partial charge in [0.05, 0.1) is 25.4 Å². The molecule has 0 bridgehead atoms. The molecule has 2 N–H and O–H groups in total. The summed E-state index contributed by atoms with van der Waals surface area (Å²) >= 11 is 0. The lowest BCUT2D eigenvalue weighted by atomic mass is 9.81. The van der Waals surface area contributed by atoms with Gasteiger partial charge in [-0.2, -0.15) is 0 Å². The van der Waals surface area contributed by atoms with Crippen LogP contribution in [0.5, 0.6) is 0 Å². The predicted molar refractivity (Wildman–Crippen MR) is 120 cm³/mol. The normalized spacial score (nSPS) is 27.1. The Morgan fingerprint density at radius 3 is 2.52 bits per heavy atom. The lowest BCUT2D eigenvalue weighted by Gasteiger charge is -2.37. The second kappa shape index (κ2) is 10.6. The maximum atomic E-state index is 13.0. The van der Waals surface area contributed by atoms with Crippen LogP contribution in [0.15, 0.2) is 24.3 Å². The fourth-order valence-corrected chi connectivity index (χ4v) is 5.35. The zero-order valence-electron chi connectivity index (χ0n) is 18.4. The fourth-order valence-electron chi connectivity index (χ4n) is 5.35. The maximum Gasteiger partial charge on any atom is 0.240 e. The van der Waals surface area contributed by atoms with Gasteiger partial charge >= 0.3 is 0 Å². The Kier molecular flexibility index (Phi) is 7.62. The van der Waals surface area contributed by atoms with Gasteiger partial charge in [0.2, 0.25) is 5.91 Å². The molecule has 0 radical (unpaired) electrons. The van der Waals surface area contributed by atoms with Gasteiger partial charge in [-0.05, 0) is 49.1 Å². The highest BCUT2D eigenvalue weighted by molar-refractivity contribution is 5.82. The van der Waals surface area contributed by atoms with E-state index in [9.17, 15) is 4.79 Å². The highest BCUT2D eigenvalue weighted by Crippen LogP contribution is 2.33. The molecule has 31 heavy (non-hydrogen) atoms. The van der Waals surface area contributed by atoms with E-state index in [0.717, 1.165) is 45.2 Å². The molecule has 0 unspecified atom stereocenters. The summed E-state index contributed by atoms with van der Waals surface area (Å²) in [5.74, 6) is 2.87. The van der Waals surface area contributed by atoms with E-state index in [1.165, 1.54) is 11.1 Å². The molecule has 168 valence electrons. The molecule has 4 rings (SSSR count). The first-order valence-corrected chi connectivity index (χ1v) is 11.6. The molecule has 2 heterocycles. The van der Waals surface area contributed by atoms with Crippen molar-refractivity contribution in [3.8, 4) is 12.3 Å². The van der Waals surface area contributed by atoms with Crippen LogP contribution in [-0.2, 0) is 27.4 Å². The maximum absolute atomic E-state index is 13.0. The average molecular weight is 426 g/mol. The third-order valence-corrected chi connectivity index (χ3v) is 7.15. The summed E-state index contributed by atoms with van der Waals surface area (Å²) in [6, 6.07) is 8.49. The van der Waals surface area contributed by atoms with Crippen LogP contribution in [0.25, 0.3) is 0 Å². The molecule has 6 nitrogen and oxygen atoms in total. The smallest absolute Gasteiger partial charge is 0.240 e. The minimum Gasteiger partial charge on any atom is -0.374 e. The molecule has 6 heteroatoms. The number of carbonyl (C=O) groups excluding carboxylic acids is 1. The number of nitrogens with two attached hydrogens (primary N) is 1. The molecule has 3 aliphatic rings. The van der Waals surface area contributed by atoms with Crippen LogP contribution in [0.3, 0.4) is 0 Å². The molecule has 2 aliphatic heterocycles. The summed E-state index contributed by atoms with van der Waals surface area (Å²) in [6.07, 6.45) is 10.8. The summed E-state index contributed by atoms with van der Waals surface area (Å²) in [7, 11) is 0. The van der Waals surface area contributed by atoms with Crippen molar-refractivity contribution in [1.29, 1.82) is 0 Å². The third kappa shape index (κ3) is 5.48. The summed E-state index contributed by atoms with van der Waals surface area (Å²) in [5, 5.41) is 0. The number of rotatable bonds is 8. The van der Waals surface area contributed by atoms with Gasteiger partial charge in [0, 0.05) is 32.2 Å². The van der Waals surface area contributed by atoms with Crippen molar-refractivity contribution in [2.45, 2.75) is 63.4 Å². The van der Waals surface area contributed by atoms with E-state index in [-0.39, 0.29) is 24.0 Å². The van der Waals surface area contributed by atoms with Gasteiger partial charge < -0.3 is 20.1 Å². The lowest BCUT2D eigenvalue weighted by molar-refractivity contribution is -0.134. The minimum absolute atomic E-state index is 0.112. The Bertz CT molecular complexity index is 759. The summed E-state index contributed by atoms with van der Waals surface area (Å²) in [5.41, 5.74) is 8.97. The van der Waals surface area contributed by atoms with Crippen LogP contribution in [0, 0.1) is 18.3 Å². The summed E-state index contributed by atoms with van der Waals surface area (Å²) in [4.78, 5) is 17.5. The zero-order valence-corrected chi connectivity index (χ0v) is 18.4. The second-order valence-electron chi connectivity index (χ2n) is 9.09. The van der Waals surface area contributed by atoms with E-state index >= 15 is 0 Å². The molecular formula is C25H35N3O3. The monoisotopic (exact) mass is 425 g/mol. The number of amides is 1. The van der Waals surface area contributed by atoms with Crippen molar-refractivity contribution in [1.82, 2.24) is 9.80 Å². The number of likely N-dealkylation sites (tertiary alicyclic amines) is 1. The number of fused-ring (bicyclic) bond motifs is 1. The Balaban J connectivity index is 1.18. The van der Waals surface area contributed by atoms with Crippen LogP contribution in [-0.4, -0.2) is 66.8 Å². The van der Waals surface area contributed by atoms with Gasteiger partial charge in [-0.15, -0.1) is 6.42 Å².